The van der Waals surface area contributed by atoms with Gasteiger partial charge in [-0.15, -0.1) is 0 Å². The predicted molar refractivity (Wildman–Crippen MR) is 338 cm³/mol. The lowest BCUT2D eigenvalue weighted by molar-refractivity contribution is 0.810. The zero-order valence-corrected chi connectivity index (χ0v) is 43.6. The summed E-state index contributed by atoms with van der Waals surface area (Å²) in [5, 5.41) is 17.8. The van der Waals surface area contributed by atoms with Gasteiger partial charge in [-0.3, -0.25) is 0 Å². The zero-order chi connectivity index (χ0) is 52.2. The van der Waals surface area contributed by atoms with Gasteiger partial charge in [0.2, 0.25) is 0 Å². The highest BCUT2D eigenvalue weighted by molar-refractivity contribution is 6.28. The van der Waals surface area contributed by atoms with E-state index in [-0.39, 0.29) is 0 Å². The summed E-state index contributed by atoms with van der Waals surface area (Å²) in [4.78, 5) is 0. The Labute approximate surface area is 462 Å². The molecule has 0 fully saturated rings. The fourth-order valence-corrected chi connectivity index (χ4v) is 15.3. The summed E-state index contributed by atoms with van der Waals surface area (Å²) in [6, 6.07) is 108. The van der Waals surface area contributed by atoms with E-state index in [4.69, 9.17) is 0 Å². The highest BCUT2D eigenvalue weighted by Gasteiger charge is 2.54. The SMILES string of the molecule is c1ccc(-n2c3ccccc3c3cc(-c4c5ccccc5c(-c5cccc(-c6ccc7c8c(c9ccccc9c7c6)-c6c(c7ccccc7c7ccccc67)C86c7ccccc7-c7ccccc76)c5)c5ccccc45)ccc32)cc1. The molecule has 2 aliphatic rings. The van der Waals surface area contributed by atoms with Crippen molar-refractivity contribution in [3.05, 3.63) is 307 Å². The summed E-state index contributed by atoms with van der Waals surface area (Å²) in [5.41, 5.74) is 21.2. The van der Waals surface area contributed by atoms with Crippen LogP contribution in [0.3, 0.4) is 0 Å². The lowest BCUT2D eigenvalue weighted by Gasteiger charge is -2.33. The molecule has 0 unspecified atom stereocenters. The first-order chi connectivity index (χ1) is 39.7. The van der Waals surface area contributed by atoms with Crippen molar-refractivity contribution in [3.8, 4) is 61.3 Å². The van der Waals surface area contributed by atoms with E-state index >= 15 is 0 Å². The molecule has 16 aromatic rings. The summed E-state index contributed by atoms with van der Waals surface area (Å²) in [7, 11) is 0. The van der Waals surface area contributed by atoms with E-state index in [2.05, 4.69) is 290 Å². The van der Waals surface area contributed by atoms with Gasteiger partial charge in [0.05, 0.1) is 16.4 Å². The molecule has 0 aliphatic heterocycles. The number of benzene rings is 15. The lowest BCUT2D eigenvalue weighted by Crippen LogP contribution is -2.26. The summed E-state index contributed by atoms with van der Waals surface area (Å²) < 4.78 is 2.40. The van der Waals surface area contributed by atoms with Gasteiger partial charge in [-0.1, -0.05) is 243 Å². The average Bonchev–Trinajstić information content (AvgIpc) is 3.53. The Hall–Kier alpha value is -10.3. The number of hydrogen-bond acceptors (Lipinski definition) is 0. The molecule has 1 heterocycles. The molecular formula is C79H47N. The minimum Gasteiger partial charge on any atom is -0.309 e. The van der Waals surface area contributed by atoms with E-state index in [0.29, 0.717) is 0 Å². The van der Waals surface area contributed by atoms with Crippen molar-refractivity contribution < 1.29 is 0 Å². The Balaban J connectivity index is 0.864. The fraction of sp³-hybridized carbons (Fsp3) is 0.0127. The van der Waals surface area contributed by atoms with Gasteiger partial charge in [-0.25, -0.2) is 0 Å². The molecular weight excluding hydrogens is 963 g/mol. The van der Waals surface area contributed by atoms with Gasteiger partial charge in [0.1, 0.15) is 0 Å². The molecule has 18 rings (SSSR count). The largest absolute Gasteiger partial charge is 0.309 e. The van der Waals surface area contributed by atoms with Crippen LogP contribution in [0, 0.1) is 0 Å². The summed E-state index contributed by atoms with van der Waals surface area (Å²) in [5.74, 6) is 0. The van der Waals surface area contributed by atoms with E-state index < -0.39 is 5.41 Å². The molecule has 15 aromatic carbocycles. The Morgan fingerprint density at radius 2 is 0.600 bits per heavy atom. The van der Waals surface area contributed by atoms with E-state index in [0.717, 1.165) is 5.69 Å². The maximum Gasteiger partial charge on any atom is 0.0738 e. The lowest BCUT2D eigenvalue weighted by atomic mass is 9.68. The molecule has 0 saturated carbocycles. The number of aromatic nitrogens is 1. The Kier molecular flexibility index (Phi) is 8.94. The van der Waals surface area contributed by atoms with Crippen LogP contribution in [0.25, 0.3) is 148 Å². The van der Waals surface area contributed by atoms with Crippen LogP contribution in [0.4, 0.5) is 0 Å². The fourth-order valence-electron chi connectivity index (χ4n) is 15.3. The van der Waals surface area contributed by atoms with Gasteiger partial charge < -0.3 is 4.57 Å². The molecule has 0 saturated heterocycles. The Morgan fingerprint density at radius 3 is 1.20 bits per heavy atom. The topological polar surface area (TPSA) is 4.93 Å². The summed E-state index contributed by atoms with van der Waals surface area (Å²) >= 11 is 0. The van der Waals surface area contributed by atoms with Gasteiger partial charge in [0, 0.05) is 16.5 Å². The van der Waals surface area contributed by atoms with Crippen molar-refractivity contribution in [3.63, 3.8) is 0 Å². The van der Waals surface area contributed by atoms with Crippen molar-refractivity contribution in [1.29, 1.82) is 0 Å². The van der Waals surface area contributed by atoms with Gasteiger partial charge in [0.15, 0.2) is 0 Å². The highest BCUT2D eigenvalue weighted by atomic mass is 15.0. The van der Waals surface area contributed by atoms with E-state index in [9.17, 15) is 0 Å². The summed E-state index contributed by atoms with van der Waals surface area (Å²) in [6.45, 7) is 0. The van der Waals surface area contributed by atoms with Gasteiger partial charge >= 0.3 is 0 Å². The molecule has 1 heteroatoms. The second kappa shape index (κ2) is 16.3. The quantitative estimate of drug-likeness (QED) is 0.122. The van der Waals surface area contributed by atoms with Crippen molar-refractivity contribution in [2.45, 2.75) is 5.41 Å². The van der Waals surface area contributed by atoms with Crippen LogP contribution in [0.15, 0.2) is 285 Å². The maximum atomic E-state index is 2.50. The first-order valence-corrected chi connectivity index (χ1v) is 28.0. The minimum atomic E-state index is -0.563. The third-order valence-electron chi connectivity index (χ3n) is 18.3. The molecule has 368 valence electrons. The molecule has 0 bridgehead atoms. The first-order valence-electron chi connectivity index (χ1n) is 28.0. The number of nitrogens with zero attached hydrogens (tertiary/aromatic N) is 1. The number of fused-ring (bicyclic) bond motifs is 25. The van der Waals surface area contributed by atoms with Gasteiger partial charge in [0.25, 0.3) is 0 Å². The number of para-hydroxylation sites is 2. The van der Waals surface area contributed by atoms with E-state index in [1.807, 2.05) is 0 Å². The van der Waals surface area contributed by atoms with Crippen LogP contribution in [0.2, 0.25) is 0 Å². The van der Waals surface area contributed by atoms with Crippen LogP contribution in [-0.2, 0) is 5.41 Å². The molecule has 1 aromatic heterocycles. The van der Waals surface area contributed by atoms with Crippen LogP contribution >= 0.6 is 0 Å². The molecule has 80 heavy (non-hydrogen) atoms. The predicted octanol–water partition coefficient (Wildman–Crippen LogP) is 21.0. The standard InChI is InChI=1S/C79H47N/c1-2-23-52(24-3-1)80-71-40-19-16-30-58(71)68-47-51(42-44-72(68)80)74-63-35-11-9-33-61(63)73(62-34-10-12-36-64(62)74)50-22-20-21-48(45-50)49-41-43-66-67(46-49)55-27-5-8-32-60(55)76-75-59-31-7-4-25-53(59)54-26-6-13-37-65(54)77(75)79(78(66)76)69-38-17-14-28-56(69)57-29-15-18-39-70(57)79/h1-47H. The van der Waals surface area contributed by atoms with Crippen molar-refractivity contribution >= 4 is 86.4 Å². The maximum absolute atomic E-state index is 2.50. The van der Waals surface area contributed by atoms with Gasteiger partial charge in [-0.05, 0) is 185 Å². The molecule has 2 aliphatic carbocycles. The molecule has 0 N–H and O–H groups in total. The second-order valence-corrected chi connectivity index (χ2v) is 22.1. The van der Waals surface area contributed by atoms with Crippen LogP contribution < -0.4 is 0 Å². The second-order valence-electron chi connectivity index (χ2n) is 22.1. The molecule has 1 nitrogen and oxygen atoms in total. The molecule has 0 radical (unpaired) electrons. The third-order valence-corrected chi connectivity index (χ3v) is 18.3. The third kappa shape index (κ3) is 5.70. The van der Waals surface area contributed by atoms with Crippen molar-refractivity contribution in [2.75, 3.05) is 0 Å². The molecule has 0 amide bonds. The van der Waals surface area contributed by atoms with Crippen molar-refractivity contribution in [1.82, 2.24) is 4.57 Å². The van der Waals surface area contributed by atoms with Crippen LogP contribution in [0.1, 0.15) is 22.3 Å². The number of rotatable bonds is 4. The zero-order valence-electron chi connectivity index (χ0n) is 43.6. The normalized spacial score (nSPS) is 13.1. The molecule has 0 atom stereocenters. The van der Waals surface area contributed by atoms with Gasteiger partial charge in [-0.2, -0.15) is 0 Å². The van der Waals surface area contributed by atoms with Crippen LogP contribution in [-0.4, -0.2) is 4.57 Å². The van der Waals surface area contributed by atoms with Crippen molar-refractivity contribution in [2.24, 2.45) is 0 Å². The smallest absolute Gasteiger partial charge is 0.0738 e. The Bertz CT molecular complexity index is 5260. The number of hydrogen-bond donors (Lipinski definition) is 0. The average molecular weight is 1010 g/mol. The monoisotopic (exact) mass is 1010 g/mol. The highest BCUT2D eigenvalue weighted by Crippen LogP contribution is 2.68. The Morgan fingerprint density at radius 1 is 0.212 bits per heavy atom. The first kappa shape index (κ1) is 43.7. The molecule has 1 spiro atoms. The van der Waals surface area contributed by atoms with E-state index in [1.54, 1.807) is 0 Å². The summed E-state index contributed by atoms with van der Waals surface area (Å²) in [6.07, 6.45) is 0. The minimum absolute atomic E-state index is 0.563. The van der Waals surface area contributed by atoms with Crippen LogP contribution in [0.5, 0.6) is 0 Å². The van der Waals surface area contributed by atoms with E-state index in [1.165, 1.54) is 164 Å².